The summed E-state index contributed by atoms with van der Waals surface area (Å²) in [5.74, 6) is 0. The average Bonchev–Trinajstić information content (AvgIpc) is 2.03. The van der Waals surface area contributed by atoms with Crippen LogP contribution >= 0.6 is 15.9 Å². The molecule has 1 aromatic rings. The molecule has 1 rings (SSSR count). The number of halogens is 1. The lowest BCUT2D eigenvalue weighted by Gasteiger charge is -1.99. The number of pyridine rings is 1. The highest BCUT2D eigenvalue weighted by Gasteiger charge is 1.94. The minimum Gasteiger partial charge on any atom is -0.256 e. The van der Waals surface area contributed by atoms with Crippen molar-refractivity contribution >= 4 is 22.0 Å². The second-order valence-corrected chi connectivity index (χ2v) is 3.42. The van der Waals surface area contributed by atoms with Crippen LogP contribution in [0.5, 0.6) is 0 Å². The van der Waals surface area contributed by atoms with Gasteiger partial charge in [-0.1, -0.05) is 28.1 Å². The highest BCUT2D eigenvalue weighted by molar-refractivity contribution is 9.09. The first-order chi connectivity index (χ1) is 5.74. The summed E-state index contributed by atoms with van der Waals surface area (Å²) in [5, 5.41) is 0.877. The Bertz CT molecular complexity index is 292. The Morgan fingerprint density at radius 1 is 1.50 bits per heavy atom. The molecule has 0 aromatic carbocycles. The van der Waals surface area contributed by atoms with Crippen LogP contribution in [0.2, 0.25) is 0 Å². The third-order valence-electron chi connectivity index (χ3n) is 1.62. The van der Waals surface area contributed by atoms with Crippen LogP contribution in [0.4, 0.5) is 0 Å². The van der Waals surface area contributed by atoms with Crippen LogP contribution in [0.15, 0.2) is 18.3 Å². The summed E-state index contributed by atoms with van der Waals surface area (Å²) in [6.45, 7) is 4.13. The summed E-state index contributed by atoms with van der Waals surface area (Å²) in [7, 11) is 0. The van der Waals surface area contributed by atoms with E-state index in [4.69, 9.17) is 0 Å². The molecular formula is C10H12BrN. The number of hydrogen-bond donors (Lipinski definition) is 0. The molecule has 0 aliphatic heterocycles. The molecule has 0 amide bonds. The standard InChI is InChI=1S/C10H12BrN/c1-8-6-9(2)10(12-7-8)4-3-5-11/h3-4,6-7H,5H2,1-2H3. The maximum Gasteiger partial charge on any atom is 0.0656 e. The van der Waals surface area contributed by atoms with E-state index in [1.165, 1.54) is 11.1 Å². The van der Waals surface area contributed by atoms with Gasteiger partial charge in [0.25, 0.3) is 0 Å². The van der Waals surface area contributed by atoms with Gasteiger partial charge in [0.15, 0.2) is 0 Å². The van der Waals surface area contributed by atoms with Crippen LogP contribution < -0.4 is 0 Å². The van der Waals surface area contributed by atoms with Crippen molar-refractivity contribution in [3.8, 4) is 0 Å². The SMILES string of the molecule is Cc1cnc(C=CCBr)c(C)c1. The van der Waals surface area contributed by atoms with Gasteiger partial charge in [0, 0.05) is 11.5 Å². The van der Waals surface area contributed by atoms with E-state index >= 15 is 0 Å². The Labute approximate surface area is 81.7 Å². The molecular weight excluding hydrogens is 214 g/mol. The van der Waals surface area contributed by atoms with Crippen molar-refractivity contribution in [2.45, 2.75) is 13.8 Å². The molecule has 64 valence electrons. The first-order valence-corrected chi connectivity index (χ1v) is 5.02. The van der Waals surface area contributed by atoms with Gasteiger partial charge in [-0.2, -0.15) is 0 Å². The van der Waals surface area contributed by atoms with Gasteiger partial charge in [-0.15, -0.1) is 0 Å². The Hall–Kier alpha value is -0.630. The Kier molecular flexibility index (Phi) is 3.48. The predicted molar refractivity (Wildman–Crippen MR) is 56.5 cm³/mol. The van der Waals surface area contributed by atoms with E-state index < -0.39 is 0 Å². The van der Waals surface area contributed by atoms with Gasteiger partial charge in [0.1, 0.15) is 0 Å². The molecule has 0 saturated carbocycles. The zero-order valence-electron chi connectivity index (χ0n) is 7.34. The number of aromatic nitrogens is 1. The summed E-state index contributed by atoms with van der Waals surface area (Å²) in [6, 6.07) is 2.14. The number of rotatable bonds is 2. The van der Waals surface area contributed by atoms with Crippen molar-refractivity contribution in [2.24, 2.45) is 0 Å². The van der Waals surface area contributed by atoms with Crippen molar-refractivity contribution < 1.29 is 0 Å². The van der Waals surface area contributed by atoms with E-state index in [-0.39, 0.29) is 0 Å². The van der Waals surface area contributed by atoms with E-state index in [2.05, 4.69) is 40.8 Å². The molecule has 0 spiro atoms. The molecule has 12 heavy (non-hydrogen) atoms. The van der Waals surface area contributed by atoms with Crippen LogP contribution in [0.1, 0.15) is 16.8 Å². The minimum absolute atomic E-state index is 0.877. The maximum atomic E-state index is 4.31. The molecule has 0 aliphatic rings. The zero-order valence-corrected chi connectivity index (χ0v) is 8.93. The topological polar surface area (TPSA) is 12.9 Å². The third kappa shape index (κ3) is 2.45. The number of nitrogens with zero attached hydrogens (tertiary/aromatic N) is 1. The summed E-state index contributed by atoms with van der Waals surface area (Å²) >= 11 is 3.33. The van der Waals surface area contributed by atoms with Crippen LogP contribution in [-0.4, -0.2) is 10.3 Å². The Balaban J connectivity index is 2.94. The van der Waals surface area contributed by atoms with Crippen LogP contribution in [0, 0.1) is 13.8 Å². The molecule has 0 atom stereocenters. The highest BCUT2D eigenvalue weighted by Crippen LogP contribution is 2.08. The molecule has 0 unspecified atom stereocenters. The molecule has 0 saturated heterocycles. The van der Waals surface area contributed by atoms with E-state index in [9.17, 15) is 0 Å². The largest absolute Gasteiger partial charge is 0.256 e. The van der Waals surface area contributed by atoms with Gasteiger partial charge in [-0.05, 0) is 31.1 Å². The van der Waals surface area contributed by atoms with Crippen molar-refractivity contribution in [1.82, 2.24) is 4.98 Å². The summed E-state index contributed by atoms with van der Waals surface area (Å²) in [6.07, 6.45) is 5.97. The van der Waals surface area contributed by atoms with Gasteiger partial charge in [0.2, 0.25) is 0 Å². The van der Waals surface area contributed by atoms with Crippen molar-refractivity contribution in [1.29, 1.82) is 0 Å². The maximum absolute atomic E-state index is 4.31. The van der Waals surface area contributed by atoms with Crippen LogP contribution in [0.25, 0.3) is 6.08 Å². The Morgan fingerprint density at radius 2 is 2.25 bits per heavy atom. The zero-order chi connectivity index (χ0) is 8.97. The molecule has 1 aromatic heterocycles. The molecule has 0 radical (unpaired) electrons. The van der Waals surface area contributed by atoms with Gasteiger partial charge in [-0.25, -0.2) is 0 Å². The first-order valence-electron chi connectivity index (χ1n) is 3.90. The fourth-order valence-corrected chi connectivity index (χ4v) is 1.24. The van der Waals surface area contributed by atoms with E-state index in [0.717, 1.165) is 11.0 Å². The summed E-state index contributed by atoms with van der Waals surface area (Å²) in [5.41, 5.74) is 3.50. The van der Waals surface area contributed by atoms with Gasteiger partial charge in [0.05, 0.1) is 5.69 Å². The average molecular weight is 226 g/mol. The normalized spacial score (nSPS) is 10.9. The number of alkyl halides is 1. The third-order valence-corrected chi connectivity index (χ3v) is 1.99. The summed E-state index contributed by atoms with van der Waals surface area (Å²) in [4.78, 5) is 4.31. The molecule has 0 N–H and O–H groups in total. The van der Waals surface area contributed by atoms with Crippen molar-refractivity contribution in [3.05, 3.63) is 35.2 Å². The predicted octanol–water partition coefficient (Wildman–Crippen LogP) is 3.11. The van der Waals surface area contributed by atoms with Crippen LogP contribution in [-0.2, 0) is 0 Å². The van der Waals surface area contributed by atoms with Crippen molar-refractivity contribution in [3.63, 3.8) is 0 Å². The van der Waals surface area contributed by atoms with Gasteiger partial charge >= 0.3 is 0 Å². The lowest BCUT2D eigenvalue weighted by molar-refractivity contribution is 1.19. The molecule has 0 fully saturated rings. The lowest BCUT2D eigenvalue weighted by Crippen LogP contribution is -1.87. The highest BCUT2D eigenvalue weighted by atomic mass is 79.9. The smallest absolute Gasteiger partial charge is 0.0656 e. The first kappa shape index (κ1) is 9.46. The fraction of sp³-hybridized carbons (Fsp3) is 0.300. The van der Waals surface area contributed by atoms with Gasteiger partial charge < -0.3 is 0 Å². The second kappa shape index (κ2) is 4.41. The van der Waals surface area contributed by atoms with E-state index in [1.54, 1.807) is 0 Å². The minimum atomic E-state index is 0.877. The Morgan fingerprint density at radius 3 is 2.83 bits per heavy atom. The monoisotopic (exact) mass is 225 g/mol. The van der Waals surface area contributed by atoms with E-state index in [0.29, 0.717) is 0 Å². The molecule has 0 aliphatic carbocycles. The van der Waals surface area contributed by atoms with E-state index in [1.807, 2.05) is 18.3 Å². The molecule has 0 bridgehead atoms. The second-order valence-electron chi connectivity index (χ2n) is 2.77. The van der Waals surface area contributed by atoms with Crippen LogP contribution in [0.3, 0.4) is 0 Å². The van der Waals surface area contributed by atoms with Crippen molar-refractivity contribution in [2.75, 3.05) is 5.33 Å². The number of aryl methyl sites for hydroxylation is 2. The lowest BCUT2D eigenvalue weighted by atomic mass is 10.1. The summed E-state index contributed by atoms with van der Waals surface area (Å²) < 4.78 is 0. The molecule has 2 heteroatoms. The quantitative estimate of drug-likeness (QED) is 0.706. The number of allylic oxidation sites excluding steroid dienone is 1. The number of hydrogen-bond acceptors (Lipinski definition) is 1. The molecule has 1 nitrogen and oxygen atoms in total. The van der Waals surface area contributed by atoms with Gasteiger partial charge in [-0.3, -0.25) is 4.98 Å². The fourth-order valence-electron chi connectivity index (χ4n) is 1.06. The molecule has 1 heterocycles.